The van der Waals surface area contributed by atoms with Crippen molar-refractivity contribution < 1.29 is 14.6 Å². The van der Waals surface area contributed by atoms with Crippen molar-refractivity contribution in [2.75, 3.05) is 6.61 Å². The van der Waals surface area contributed by atoms with E-state index in [1.165, 1.54) is 6.08 Å². The number of benzene rings is 2. The summed E-state index contributed by atoms with van der Waals surface area (Å²) in [5.74, 6) is -0.205. The zero-order chi connectivity index (χ0) is 13.8. The molecule has 0 bridgehead atoms. The van der Waals surface area contributed by atoms with E-state index in [0.29, 0.717) is 17.7 Å². The summed E-state index contributed by atoms with van der Waals surface area (Å²) >= 11 is 0. The lowest BCUT2D eigenvalue weighted by Gasteiger charge is -2.08. The third-order valence-corrected chi connectivity index (χ3v) is 2.95. The Bertz CT molecular complexity index is 641. The first-order chi connectivity index (χ1) is 9.13. The van der Waals surface area contributed by atoms with Crippen LogP contribution in [-0.4, -0.2) is 17.7 Å². The van der Waals surface area contributed by atoms with E-state index in [-0.39, 0.29) is 5.75 Å². The van der Waals surface area contributed by atoms with Gasteiger partial charge in [0.2, 0.25) is 0 Å². The number of ether oxygens (including phenoxy) is 1. The van der Waals surface area contributed by atoms with Gasteiger partial charge < -0.3 is 9.84 Å². The van der Waals surface area contributed by atoms with Gasteiger partial charge >= 0.3 is 5.97 Å². The van der Waals surface area contributed by atoms with Crippen LogP contribution in [0.4, 0.5) is 0 Å². The molecule has 0 atom stereocenters. The summed E-state index contributed by atoms with van der Waals surface area (Å²) < 4.78 is 4.86. The third-order valence-electron chi connectivity index (χ3n) is 2.95. The van der Waals surface area contributed by atoms with Crippen molar-refractivity contribution in [1.29, 1.82) is 0 Å². The summed E-state index contributed by atoms with van der Waals surface area (Å²) in [6, 6.07) is 11.3. The van der Waals surface area contributed by atoms with E-state index >= 15 is 0 Å². The maximum atomic E-state index is 11.4. The van der Waals surface area contributed by atoms with Crippen LogP contribution in [0.3, 0.4) is 0 Å². The van der Waals surface area contributed by atoms with Gasteiger partial charge in [-0.25, -0.2) is 4.79 Å². The number of carbonyl (C=O) groups excluding carboxylic acids is 1. The van der Waals surface area contributed by atoms with Crippen LogP contribution in [-0.2, 0) is 9.53 Å². The quantitative estimate of drug-likeness (QED) is 0.675. The number of esters is 1. The first kappa shape index (κ1) is 13.1. The topological polar surface area (TPSA) is 46.5 Å². The van der Waals surface area contributed by atoms with Crippen LogP contribution >= 0.6 is 0 Å². The maximum Gasteiger partial charge on any atom is 0.331 e. The molecule has 0 aliphatic heterocycles. The Hall–Kier alpha value is -2.29. The van der Waals surface area contributed by atoms with E-state index in [1.54, 1.807) is 13.8 Å². The fourth-order valence-electron chi connectivity index (χ4n) is 2.01. The fourth-order valence-corrected chi connectivity index (χ4v) is 2.01. The SMILES string of the molecule is CCOC(=O)/C=C(/C)c1ccc2ccccc2c1O. The van der Waals surface area contributed by atoms with Crippen molar-refractivity contribution >= 4 is 22.3 Å². The Morgan fingerprint density at radius 2 is 2.00 bits per heavy atom. The molecule has 0 aromatic heterocycles. The minimum atomic E-state index is -0.396. The number of carbonyl (C=O) groups is 1. The molecule has 0 unspecified atom stereocenters. The summed E-state index contributed by atoms with van der Waals surface area (Å²) in [5, 5.41) is 12.0. The monoisotopic (exact) mass is 256 g/mol. The van der Waals surface area contributed by atoms with Crippen molar-refractivity contribution in [3.63, 3.8) is 0 Å². The number of hydrogen-bond donors (Lipinski definition) is 1. The van der Waals surface area contributed by atoms with Crippen molar-refractivity contribution in [2.45, 2.75) is 13.8 Å². The van der Waals surface area contributed by atoms with E-state index in [1.807, 2.05) is 36.4 Å². The van der Waals surface area contributed by atoms with Crippen molar-refractivity contribution in [1.82, 2.24) is 0 Å². The predicted molar refractivity (Wildman–Crippen MR) is 75.9 cm³/mol. The molecule has 2 aromatic rings. The first-order valence-electron chi connectivity index (χ1n) is 6.19. The molecule has 0 aliphatic carbocycles. The molecular formula is C16H16O3. The minimum absolute atomic E-state index is 0.191. The summed E-state index contributed by atoms with van der Waals surface area (Å²) in [6.07, 6.45) is 1.40. The Balaban J connectivity index is 2.45. The number of hydrogen-bond acceptors (Lipinski definition) is 3. The fraction of sp³-hybridized carbons (Fsp3) is 0.188. The Labute approximate surface area is 112 Å². The number of allylic oxidation sites excluding steroid dienone is 1. The second kappa shape index (κ2) is 5.57. The van der Waals surface area contributed by atoms with Gasteiger partial charge in [-0.05, 0) is 24.8 Å². The molecule has 0 fully saturated rings. The molecule has 98 valence electrons. The van der Waals surface area contributed by atoms with Crippen LogP contribution in [0.25, 0.3) is 16.3 Å². The molecule has 0 aliphatic rings. The highest BCUT2D eigenvalue weighted by atomic mass is 16.5. The number of phenolic OH excluding ortho intramolecular Hbond substituents is 1. The highest BCUT2D eigenvalue weighted by molar-refractivity contribution is 5.97. The third kappa shape index (κ3) is 2.76. The van der Waals surface area contributed by atoms with Gasteiger partial charge in [0.15, 0.2) is 0 Å². The Morgan fingerprint density at radius 1 is 1.26 bits per heavy atom. The van der Waals surface area contributed by atoms with Crippen molar-refractivity contribution in [3.05, 3.63) is 48.0 Å². The van der Waals surface area contributed by atoms with E-state index in [2.05, 4.69) is 0 Å². The van der Waals surface area contributed by atoms with Gasteiger partial charge in [0.05, 0.1) is 6.61 Å². The lowest BCUT2D eigenvalue weighted by molar-refractivity contribution is -0.137. The Morgan fingerprint density at radius 3 is 2.74 bits per heavy atom. The highest BCUT2D eigenvalue weighted by Gasteiger charge is 2.09. The second-order valence-electron chi connectivity index (χ2n) is 4.26. The van der Waals surface area contributed by atoms with Crippen LogP contribution in [0.15, 0.2) is 42.5 Å². The molecule has 0 spiro atoms. The lowest BCUT2D eigenvalue weighted by Crippen LogP contribution is -2.00. The van der Waals surface area contributed by atoms with Gasteiger partial charge in [-0.15, -0.1) is 0 Å². The lowest BCUT2D eigenvalue weighted by atomic mass is 10.0. The normalized spacial score (nSPS) is 11.6. The standard InChI is InChI=1S/C16H16O3/c1-3-19-15(17)10-11(2)13-9-8-12-6-4-5-7-14(12)16(13)18/h4-10,18H,3H2,1-2H3/b11-10-. The smallest absolute Gasteiger partial charge is 0.331 e. The maximum absolute atomic E-state index is 11.4. The van der Waals surface area contributed by atoms with Gasteiger partial charge in [-0.1, -0.05) is 36.4 Å². The van der Waals surface area contributed by atoms with E-state index in [0.717, 1.165) is 10.8 Å². The molecule has 3 heteroatoms. The largest absolute Gasteiger partial charge is 0.507 e. The average Bonchev–Trinajstić information content (AvgIpc) is 2.39. The first-order valence-corrected chi connectivity index (χ1v) is 6.19. The molecular weight excluding hydrogens is 240 g/mol. The molecule has 0 amide bonds. The number of fused-ring (bicyclic) bond motifs is 1. The van der Waals surface area contributed by atoms with Gasteiger partial charge in [-0.2, -0.15) is 0 Å². The predicted octanol–water partition coefficient (Wildman–Crippen LogP) is 3.51. The zero-order valence-electron chi connectivity index (χ0n) is 11.0. The average molecular weight is 256 g/mol. The Kier molecular flexibility index (Phi) is 3.85. The van der Waals surface area contributed by atoms with Gasteiger partial charge in [0.1, 0.15) is 5.75 Å². The van der Waals surface area contributed by atoms with Crippen LogP contribution < -0.4 is 0 Å². The number of phenols is 1. The summed E-state index contributed by atoms with van der Waals surface area (Å²) in [5.41, 5.74) is 1.33. The molecule has 0 radical (unpaired) electrons. The van der Waals surface area contributed by atoms with Gasteiger partial charge in [0.25, 0.3) is 0 Å². The molecule has 0 heterocycles. The molecule has 2 rings (SSSR count). The van der Waals surface area contributed by atoms with E-state index in [4.69, 9.17) is 4.74 Å². The van der Waals surface area contributed by atoms with E-state index in [9.17, 15) is 9.90 Å². The second-order valence-corrected chi connectivity index (χ2v) is 4.26. The van der Waals surface area contributed by atoms with Crippen LogP contribution in [0, 0.1) is 0 Å². The van der Waals surface area contributed by atoms with E-state index < -0.39 is 5.97 Å². The molecule has 0 saturated carbocycles. The zero-order valence-corrected chi connectivity index (χ0v) is 11.0. The van der Waals surface area contributed by atoms with Gasteiger partial charge in [0, 0.05) is 17.0 Å². The summed E-state index contributed by atoms with van der Waals surface area (Å²) in [7, 11) is 0. The molecule has 19 heavy (non-hydrogen) atoms. The van der Waals surface area contributed by atoms with Crippen LogP contribution in [0.5, 0.6) is 5.75 Å². The van der Waals surface area contributed by atoms with Crippen molar-refractivity contribution in [3.8, 4) is 5.75 Å². The summed E-state index contributed by atoms with van der Waals surface area (Å²) in [6.45, 7) is 3.88. The van der Waals surface area contributed by atoms with Crippen LogP contribution in [0.2, 0.25) is 0 Å². The molecule has 1 N–H and O–H groups in total. The molecule has 0 saturated heterocycles. The van der Waals surface area contributed by atoms with Crippen LogP contribution in [0.1, 0.15) is 19.4 Å². The number of rotatable bonds is 3. The highest BCUT2D eigenvalue weighted by Crippen LogP contribution is 2.32. The molecule has 3 nitrogen and oxygen atoms in total. The minimum Gasteiger partial charge on any atom is -0.507 e. The van der Waals surface area contributed by atoms with Crippen molar-refractivity contribution in [2.24, 2.45) is 0 Å². The van der Waals surface area contributed by atoms with Gasteiger partial charge in [-0.3, -0.25) is 0 Å². The molecule has 2 aromatic carbocycles. The summed E-state index contributed by atoms with van der Waals surface area (Å²) in [4.78, 5) is 11.4. The number of aromatic hydroxyl groups is 1.